The molecule has 0 aromatic carbocycles. The summed E-state index contributed by atoms with van der Waals surface area (Å²) in [5, 5.41) is 1.51. The van der Waals surface area contributed by atoms with Gasteiger partial charge in [0.15, 0.2) is 9.84 Å². The number of nitrogens with one attached hydrogen (secondary N) is 1. The van der Waals surface area contributed by atoms with Crippen LogP contribution in [0.15, 0.2) is 0 Å². The van der Waals surface area contributed by atoms with Gasteiger partial charge in [-0.05, 0) is 38.1 Å². The molecule has 0 aliphatic heterocycles. The van der Waals surface area contributed by atoms with E-state index in [9.17, 15) is 13.2 Å². The van der Waals surface area contributed by atoms with Crippen LogP contribution in [0.1, 0.15) is 58.8 Å². The summed E-state index contributed by atoms with van der Waals surface area (Å²) in [6, 6.07) is 0. The molecule has 0 aromatic rings. The molecule has 1 fully saturated rings. The number of sulfone groups is 1. The highest BCUT2D eigenvalue weighted by atomic mass is 32.2. The molecule has 0 saturated heterocycles. The molecule has 1 aliphatic carbocycles. The monoisotopic (exact) mass is 318 g/mol. The minimum atomic E-state index is -3.40. The van der Waals surface area contributed by atoms with Crippen molar-refractivity contribution in [1.82, 2.24) is 5.32 Å². The number of unbranched alkanes of at least 4 members (excludes halogenated alkanes) is 1. The molecule has 1 unspecified atom stereocenters. The third kappa shape index (κ3) is 5.25. The Kier molecular flexibility index (Phi) is 7.66. The average molecular weight is 318 g/mol. The number of carbonyl (C=O) groups is 1. The Hall–Kier alpha value is -0.620. The molecule has 1 atom stereocenters. The fourth-order valence-corrected chi connectivity index (χ4v) is 5.56. The molecule has 1 amide bonds. The summed E-state index contributed by atoms with van der Waals surface area (Å²) in [6.45, 7) is 4.71. The van der Waals surface area contributed by atoms with Gasteiger partial charge in [0.25, 0.3) is 0 Å². The summed E-state index contributed by atoms with van der Waals surface area (Å²) < 4.78 is 25.6. The first-order valence-electron chi connectivity index (χ1n) is 8.11. The molecule has 0 bridgehead atoms. The van der Waals surface area contributed by atoms with Gasteiger partial charge in [-0.2, -0.15) is 0 Å². The number of amides is 1. The highest BCUT2D eigenvalue weighted by Crippen LogP contribution is 2.29. The number of carbonyl (C=O) groups excluding carboxylic acids is 1. The van der Waals surface area contributed by atoms with Gasteiger partial charge in [0, 0.05) is 6.54 Å². The van der Waals surface area contributed by atoms with Crippen molar-refractivity contribution in [3.8, 4) is 0 Å². The van der Waals surface area contributed by atoms with Crippen molar-refractivity contribution in [2.45, 2.75) is 69.3 Å². The lowest BCUT2D eigenvalue weighted by atomic mass is 10.0. The molecule has 5 nitrogen and oxygen atoms in total. The first-order valence-corrected chi connectivity index (χ1v) is 9.72. The Morgan fingerprint density at radius 2 is 1.81 bits per heavy atom. The van der Waals surface area contributed by atoms with Crippen LogP contribution in [0.3, 0.4) is 0 Å². The zero-order chi connectivity index (χ0) is 15.9. The van der Waals surface area contributed by atoms with Gasteiger partial charge in [-0.3, -0.25) is 4.79 Å². The Balaban J connectivity index is 2.72. The molecule has 0 radical (unpaired) electrons. The minimum absolute atomic E-state index is 0.202. The lowest BCUT2D eigenvalue weighted by molar-refractivity contribution is -0.121. The summed E-state index contributed by atoms with van der Waals surface area (Å²) in [5.41, 5.74) is 5.41. The lowest BCUT2D eigenvalue weighted by Crippen LogP contribution is -2.47. The first kappa shape index (κ1) is 18.4. The van der Waals surface area contributed by atoms with Gasteiger partial charge in [-0.25, -0.2) is 8.42 Å². The molecular formula is C15H30N2O3S. The fourth-order valence-electron chi connectivity index (χ4n) is 3.01. The van der Waals surface area contributed by atoms with Crippen LogP contribution >= 0.6 is 0 Å². The molecular weight excluding hydrogens is 288 g/mol. The van der Waals surface area contributed by atoms with Gasteiger partial charge >= 0.3 is 0 Å². The van der Waals surface area contributed by atoms with E-state index in [1.54, 1.807) is 0 Å². The van der Waals surface area contributed by atoms with Crippen LogP contribution < -0.4 is 11.1 Å². The summed E-state index contributed by atoms with van der Waals surface area (Å²) in [6.07, 6.45) is 6.03. The van der Waals surface area contributed by atoms with Crippen LogP contribution in [-0.2, 0) is 14.6 Å². The fraction of sp³-hybridized carbons (Fsp3) is 0.933. The van der Waals surface area contributed by atoms with Gasteiger partial charge in [-0.15, -0.1) is 0 Å². The SMILES string of the molecule is CC(C)C(C(=O)NCCCCN)S(=O)(=O)C1CCCCC1. The van der Waals surface area contributed by atoms with Crippen molar-refractivity contribution in [3.05, 3.63) is 0 Å². The van der Waals surface area contributed by atoms with E-state index in [0.717, 1.165) is 32.1 Å². The minimum Gasteiger partial charge on any atom is -0.355 e. The Labute approximate surface area is 129 Å². The Morgan fingerprint density at radius 3 is 2.33 bits per heavy atom. The van der Waals surface area contributed by atoms with Gasteiger partial charge < -0.3 is 11.1 Å². The van der Waals surface area contributed by atoms with Gasteiger partial charge in [0.2, 0.25) is 5.91 Å². The molecule has 1 rings (SSSR count). The third-order valence-corrected chi connectivity index (χ3v) is 7.03. The van der Waals surface area contributed by atoms with E-state index < -0.39 is 15.1 Å². The second-order valence-corrected chi connectivity index (χ2v) is 8.65. The van der Waals surface area contributed by atoms with E-state index in [2.05, 4.69) is 5.32 Å². The Morgan fingerprint density at radius 1 is 1.19 bits per heavy atom. The molecule has 0 aromatic heterocycles. The van der Waals surface area contributed by atoms with Crippen LogP contribution in [0.25, 0.3) is 0 Å². The standard InChI is InChI=1S/C15H30N2O3S/c1-12(2)14(15(18)17-11-7-6-10-16)21(19,20)13-8-4-3-5-9-13/h12-14H,3-11,16H2,1-2H3,(H,17,18). The van der Waals surface area contributed by atoms with E-state index in [-0.39, 0.29) is 17.1 Å². The van der Waals surface area contributed by atoms with Crippen molar-refractivity contribution in [2.75, 3.05) is 13.1 Å². The predicted octanol–water partition coefficient (Wildman–Crippen LogP) is 1.61. The quantitative estimate of drug-likeness (QED) is 0.665. The topological polar surface area (TPSA) is 89.3 Å². The van der Waals surface area contributed by atoms with E-state index in [1.165, 1.54) is 0 Å². The molecule has 1 aliphatic rings. The molecule has 3 N–H and O–H groups in total. The van der Waals surface area contributed by atoms with E-state index in [0.29, 0.717) is 25.9 Å². The van der Waals surface area contributed by atoms with Crippen LogP contribution in [-0.4, -0.2) is 37.9 Å². The summed E-state index contributed by atoms with van der Waals surface area (Å²) in [4.78, 5) is 12.3. The zero-order valence-corrected chi connectivity index (χ0v) is 14.1. The molecule has 6 heteroatoms. The third-order valence-electron chi connectivity index (χ3n) is 4.16. The average Bonchev–Trinajstić information content (AvgIpc) is 2.44. The smallest absolute Gasteiger partial charge is 0.238 e. The number of hydrogen-bond acceptors (Lipinski definition) is 4. The van der Waals surface area contributed by atoms with Gasteiger partial charge in [0.05, 0.1) is 5.25 Å². The van der Waals surface area contributed by atoms with Crippen LogP contribution in [0.5, 0.6) is 0 Å². The van der Waals surface area contributed by atoms with Crippen molar-refractivity contribution < 1.29 is 13.2 Å². The molecule has 124 valence electrons. The van der Waals surface area contributed by atoms with Crippen molar-refractivity contribution >= 4 is 15.7 Å². The van der Waals surface area contributed by atoms with E-state index in [4.69, 9.17) is 5.73 Å². The Bertz CT molecular complexity index is 415. The highest BCUT2D eigenvalue weighted by molar-refractivity contribution is 7.93. The van der Waals surface area contributed by atoms with Crippen molar-refractivity contribution in [2.24, 2.45) is 11.7 Å². The van der Waals surface area contributed by atoms with Crippen molar-refractivity contribution in [3.63, 3.8) is 0 Å². The summed E-state index contributed by atoms with van der Waals surface area (Å²) in [7, 11) is -3.40. The largest absolute Gasteiger partial charge is 0.355 e. The van der Waals surface area contributed by atoms with Crippen LogP contribution in [0.2, 0.25) is 0 Å². The summed E-state index contributed by atoms with van der Waals surface area (Å²) in [5.74, 6) is -0.543. The second-order valence-electron chi connectivity index (χ2n) is 6.30. The predicted molar refractivity (Wildman–Crippen MR) is 85.7 cm³/mol. The molecule has 0 heterocycles. The maximum absolute atomic E-state index is 12.8. The van der Waals surface area contributed by atoms with Crippen LogP contribution in [0, 0.1) is 5.92 Å². The number of hydrogen-bond donors (Lipinski definition) is 2. The normalized spacial score (nSPS) is 18.7. The summed E-state index contributed by atoms with van der Waals surface area (Å²) >= 11 is 0. The van der Waals surface area contributed by atoms with Gasteiger partial charge in [0.1, 0.15) is 5.25 Å². The molecule has 21 heavy (non-hydrogen) atoms. The maximum Gasteiger partial charge on any atom is 0.238 e. The van der Waals surface area contributed by atoms with Crippen LogP contribution in [0.4, 0.5) is 0 Å². The molecule has 1 saturated carbocycles. The van der Waals surface area contributed by atoms with Gasteiger partial charge in [-0.1, -0.05) is 33.1 Å². The first-order chi connectivity index (χ1) is 9.91. The second kappa shape index (κ2) is 8.73. The number of nitrogens with two attached hydrogens (primary N) is 1. The van der Waals surface area contributed by atoms with E-state index >= 15 is 0 Å². The maximum atomic E-state index is 12.8. The number of rotatable bonds is 8. The van der Waals surface area contributed by atoms with E-state index in [1.807, 2.05) is 13.8 Å². The van der Waals surface area contributed by atoms with Crippen molar-refractivity contribution in [1.29, 1.82) is 0 Å². The zero-order valence-electron chi connectivity index (χ0n) is 13.3. The highest BCUT2D eigenvalue weighted by Gasteiger charge is 2.40. The molecule has 0 spiro atoms. The lowest BCUT2D eigenvalue weighted by Gasteiger charge is -2.28.